The first-order valence-electron chi connectivity index (χ1n) is 32.8. The fraction of sp³-hybridized carbons (Fsp3) is 0.0460. The predicted octanol–water partition coefficient (Wildman–Crippen LogP) is 22.9. The van der Waals surface area contributed by atoms with Crippen molar-refractivity contribution in [1.29, 1.82) is 0 Å². The van der Waals surface area contributed by atoms with Crippen LogP contribution in [0.3, 0.4) is 0 Å². The minimum Gasteiger partial charge on any atom is -0.456 e. The number of hydrogen-bond donors (Lipinski definition) is 0. The van der Waals surface area contributed by atoms with Gasteiger partial charge in [0.15, 0.2) is 29.5 Å². The quantitative estimate of drug-likeness (QED) is 0.150. The summed E-state index contributed by atoms with van der Waals surface area (Å²) in [7, 11) is 2.12. The maximum Gasteiger partial charge on any atom is 0.165 e. The number of fused-ring (bicyclic) bond motifs is 17. The summed E-state index contributed by atoms with van der Waals surface area (Å²) in [6.45, 7) is 0. The molecule has 3 aliphatic carbocycles. The van der Waals surface area contributed by atoms with Crippen LogP contribution in [0.25, 0.3) is 181 Å². The van der Waals surface area contributed by atoms with Gasteiger partial charge >= 0.3 is 0 Å². The van der Waals surface area contributed by atoms with Crippen LogP contribution in [0.2, 0.25) is 0 Å². The number of aliphatic imine (C=N–C) groups is 2. The molecule has 0 spiro atoms. The topological polar surface area (TPSA) is 92.9 Å². The van der Waals surface area contributed by atoms with Crippen molar-refractivity contribution in [2.75, 3.05) is 7.05 Å². The lowest BCUT2D eigenvalue weighted by Gasteiger charge is -2.33. The lowest BCUT2D eigenvalue weighted by molar-refractivity contribution is 0.383. The molecule has 1 aliphatic heterocycles. The largest absolute Gasteiger partial charge is 0.456 e. The van der Waals surface area contributed by atoms with Gasteiger partial charge in [-0.2, -0.15) is 0 Å². The summed E-state index contributed by atoms with van der Waals surface area (Å²) in [6.07, 6.45) is 8.61. The second kappa shape index (κ2) is 20.4. The highest BCUT2D eigenvalue weighted by Gasteiger charge is 2.32. The van der Waals surface area contributed by atoms with E-state index in [1.165, 1.54) is 87.3 Å². The molecule has 448 valence electrons. The Bertz CT molecular complexity index is 6440. The number of benzene rings is 13. The Balaban J connectivity index is 0.675. The molecule has 8 nitrogen and oxygen atoms in total. The van der Waals surface area contributed by atoms with E-state index in [0.717, 1.165) is 117 Å². The second-order valence-electron chi connectivity index (χ2n) is 25.6. The molecule has 0 saturated heterocycles. The summed E-state index contributed by atoms with van der Waals surface area (Å²) in [5.41, 5.74) is 23.3. The molecule has 96 heavy (non-hydrogen) atoms. The summed E-state index contributed by atoms with van der Waals surface area (Å²) >= 11 is 1.77. The van der Waals surface area contributed by atoms with E-state index in [4.69, 9.17) is 33.8 Å². The standard InChI is InChI=1S/C87H52N6O2S/c1-93-86(55-25-13-22-50(43-55)48-18-4-2-5-19-48)91-82(49-20-6-3-7-21-49)92-87(93)66-34-17-36-72-79(66)71-46-69-58-40-38-52(44-68(58)61-30-15-33-65(77(61)69)80(71)95-72)51-23-12-24-53(42-51)83-88-84(90-85(89-83)67-35-16-31-62-59-28-10-11-37-75(59)96-81(62)67)54-39-41-63-73(45-54)94-74-47-70-57-27-9-8-26-56(57)60-29-14-32-64(76(60)70)78(63)74/h3-4,6-47,86H,2,5H2,1H3. The summed E-state index contributed by atoms with van der Waals surface area (Å²) in [4.78, 5) is 29.3. The minimum absolute atomic E-state index is 0.333. The van der Waals surface area contributed by atoms with E-state index in [1.807, 2.05) is 6.07 Å². The molecule has 1 atom stereocenters. The van der Waals surface area contributed by atoms with Gasteiger partial charge in [-0.15, -0.1) is 11.3 Å². The van der Waals surface area contributed by atoms with E-state index < -0.39 is 0 Å². The second-order valence-corrected chi connectivity index (χ2v) is 26.7. The van der Waals surface area contributed by atoms with Gasteiger partial charge in [0.05, 0.1) is 0 Å². The van der Waals surface area contributed by atoms with E-state index in [9.17, 15) is 0 Å². The molecule has 13 aromatic carbocycles. The lowest BCUT2D eigenvalue weighted by Crippen LogP contribution is -2.35. The van der Waals surface area contributed by atoms with E-state index in [-0.39, 0.29) is 6.17 Å². The number of amidine groups is 2. The summed E-state index contributed by atoms with van der Waals surface area (Å²) in [5.74, 6) is 3.29. The van der Waals surface area contributed by atoms with Crippen LogP contribution in [0, 0.1) is 0 Å². The molecule has 21 rings (SSSR count). The molecule has 1 unspecified atom stereocenters. The number of aromatic nitrogens is 3. The number of allylic oxidation sites excluding steroid dienone is 4. The number of hydrogen-bond acceptors (Lipinski definition) is 9. The van der Waals surface area contributed by atoms with Gasteiger partial charge in [0.1, 0.15) is 28.2 Å². The Morgan fingerprint density at radius 3 is 1.91 bits per heavy atom. The Kier molecular flexibility index (Phi) is 11.3. The van der Waals surface area contributed by atoms with Gasteiger partial charge in [0.2, 0.25) is 0 Å². The first-order valence-corrected chi connectivity index (χ1v) is 33.6. The van der Waals surface area contributed by atoms with E-state index >= 15 is 0 Å². The summed E-state index contributed by atoms with van der Waals surface area (Å²) < 4.78 is 16.3. The van der Waals surface area contributed by atoms with Crippen molar-refractivity contribution in [3.8, 4) is 89.8 Å². The van der Waals surface area contributed by atoms with Crippen molar-refractivity contribution in [2.24, 2.45) is 9.98 Å². The SMILES string of the molecule is CN1C(c2cccc3oc4c5cccc6c5c(cc4c23)-c2ccc(-c3cccc(-c4nc(-c5ccc7c(c5)oc5cc8c9c(cccc9c57)-c5ccccc5-8)nc(-c5cccc7c5sc5ccccc57)n4)c3)cc2-6)=NC(c2ccccc2)=NC1c1cccc(C2=CCCC=C2)c1. The van der Waals surface area contributed by atoms with Gasteiger partial charge in [0, 0.05) is 87.4 Å². The molecule has 4 aliphatic rings. The number of furan rings is 2. The zero-order valence-electron chi connectivity index (χ0n) is 51.8. The van der Waals surface area contributed by atoms with Crippen LogP contribution in [0.5, 0.6) is 0 Å². The highest BCUT2D eigenvalue weighted by Crippen LogP contribution is 2.54. The van der Waals surface area contributed by atoms with Crippen LogP contribution in [-0.4, -0.2) is 38.6 Å². The number of nitrogens with zero attached hydrogens (tertiary/aromatic N) is 6. The third kappa shape index (κ3) is 7.92. The molecule has 0 saturated carbocycles. The van der Waals surface area contributed by atoms with Crippen molar-refractivity contribution < 1.29 is 8.83 Å². The molecule has 0 bridgehead atoms. The molecule has 5 heterocycles. The van der Waals surface area contributed by atoms with Crippen molar-refractivity contribution in [3.05, 3.63) is 289 Å². The molecule has 17 aromatic rings. The van der Waals surface area contributed by atoms with Crippen molar-refractivity contribution in [2.45, 2.75) is 19.0 Å². The van der Waals surface area contributed by atoms with Crippen molar-refractivity contribution in [3.63, 3.8) is 0 Å². The zero-order chi connectivity index (χ0) is 62.9. The first-order chi connectivity index (χ1) is 47.5. The average molecular weight is 1250 g/mol. The van der Waals surface area contributed by atoms with Crippen LogP contribution < -0.4 is 0 Å². The van der Waals surface area contributed by atoms with Crippen LogP contribution in [0.4, 0.5) is 0 Å². The van der Waals surface area contributed by atoms with Gasteiger partial charge in [-0.05, 0) is 157 Å². The Labute approximate surface area is 554 Å². The van der Waals surface area contributed by atoms with Crippen molar-refractivity contribution in [1.82, 2.24) is 19.9 Å². The van der Waals surface area contributed by atoms with Crippen LogP contribution >= 0.6 is 11.3 Å². The molecule has 0 N–H and O–H groups in total. The van der Waals surface area contributed by atoms with Crippen LogP contribution in [0.15, 0.2) is 286 Å². The normalized spacial score (nSPS) is 14.7. The highest BCUT2D eigenvalue weighted by molar-refractivity contribution is 7.26. The Hall–Kier alpha value is -12.2. The summed E-state index contributed by atoms with van der Waals surface area (Å²) in [6, 6.07) is 89.1. The lowest BCUT2D eigenvalue weighted by atomic mass is 9.95. The fourth-order valence-corrected chi connectivity index (χ4v) is 17.1. The molecule has 0 fully saturated rings. The maximum absolute atomic E-state index is 7.06. The van der Waals surface area contributed by atoms with Gasteiger partial charge in [0.25, 0.3) is 0 Å². The average Bonchev–Trinajstić information content (AvgIpc) is 1.55. The number of thiophene rings is 1. The third-order valence-corrected chi connectivity index (χ3v) is 21.5. The third-order valence-electron chi connectivity index (χ3n) is 20.3. The highest BCUT2D eigenvalue weighted by atomic mass is 32.1. The fourth-order valence-electron chi connectivity index (χ4n) is 15.9. The minimum atomic E-state index is -0.333. The number of rotatable bonds is 8. The molecule has 0 amide bonds. The molecule has 9 heteroatoms. The summed E-state index contributed by atoms with van der Waals surface area (Å²) in [5, 5.41) is 11.4. The van der Waals surface area contributed by atoms with Gasteiger partial charge in [-0.25, -0.2) is 24.9 Å². The van der Waals surface area contributed by atoms with Gasteiger partial charge < -0.3 is 13.7 Å². The van der Waals surface area contributed by atoms with E-state index in [0.29, 0.717) is 23.3 Å². The predicted molar refractivity (Wildman–Crippen MR) is 396 cm³/mol. The first kappa shape index (κ1) is 53.3. The maximum atomic E-state index is 7.06. The molecule has 4 aromatic heterocycles. The van der Waals surface area contributed by atoms with Gasteiger partial charge in [-0.1, -0.05) is 206 Å². The Morgan fingerprint density at radius 2 is 1.03 bits per heavy atom. The molecular weight excluding hydrogens is 1190 g/mol. The van der Waals surface area contributed by atoms with Crippen LogP contribution in [0.1, 0.15) is 41.3 Å². The zero-order valence-corrected chi connectivity index (χ0v) is 52.6. The monoisotopic (exact) mass is 1240 g/mol. The smallest absolute Gasteiger partial charge is 0.165 e. The van der Waals surface area contributed by atoms with Gasteiger partial charge in [-0.3, -0.25) is 0 Å². The van der Waals surface area contributed by atoms with Crippen LogP contribution in [-0.2, 0) is 0 Å². The molecule has 0 radical (unpaired) electrons. The molecular formula is C87H52N6O2S. The van der Waals surface area contributed by atoms with E-state index in [1.54, 1.807) is 11.3 Å². The van der Waals surface area contributed by atoms with Crippen molar-refractivity contribution >= 4 is 114 Å². The Morgan fingerprint density at radius 1 is 0.385 bits per heavy atom. The van der Waals surface area contributed by atoms with E-state index in [2.05, 4.69) is 273 Å².